The summed E-state index contributed by atoms with van der Waals surface area (Å²) in [5.41, 5.74) is 2.36. The Morgan fingerprint density at radius 1 is 1.33 bits per heavy atom. The van der Waals surface area contributed by atoms with Crippen LogP contribution in [0.15, 0.2) is 24.3 Å². The Hall–Kier alpha value is -1.35. The molecule has 3 heteroatoms. The van der Waals surface area contributed by atoms with Crippen molar-refractivity contribution in [1.29, 1.82) is 0 Å². The fourth-order valence-electron chi connectivity index (χ4n) is 3.02. The predicted octanol–water partition coefficient (Wildman–Crippen LogP) is 3.38. The van der Waals surface area contributed by atoms with Gasteiger partial charge in [-0.25, -0.2) is 0 Å². The van der Waals surface area contributed by atoms with E-state index in [0.29, 0.717) is 6.04 Å². The number of nitrogens with zero attached hydrogens (tertiary/aromatic N) is 1. The lowest BCUT2D eigenvalue weighted by molar-refractivity contribution is -0.123. The van der Waals surface area contributed by atoms with Crippen LogP contribution in [0.3, 0.4) is 0 Å². The number of carbonyl (C=O) groups is 1. The van der Waals surface area contributed by atoms with Gasteiger partial charge in [0, 0.05) is 24.7 Å². The fraction of sp³-hybridized carbons (Fsp3) is 0.611. The van der Waals surface area contributed by atoms with Crippen molar-refractivity contribution in [2.45, 2.75) is 52.0 Å². The second-order valence-electron chi connectivity index (χ2n) is 6.24. The van der Waals surface area contributed by atoms with Gasteiger partial charge < -0.3 is 10.2 Å². The van der Waals surface area contributed by atoms with Crippen molar-refractivity contribution in [3.05, 3.63) is 29.8 Å². The molecule has 0 saturated carbocycles. The fourth-order valence-corrected chi connectivity index (χ4v) is 3.02. The highest BCUT2D eigenvalue weighted by molar-refractivity contribution is 5.94. The first-order chi connectivity index (χ1) is 10.1. The molecule has 1 N–H and O–H groups in total. The number of benzene rings is 1. The van der Waals surface area contributed by atoms with E-state index in [1.807, 2.05) is 11.9 Å². The van der Waals surface area contributed by atoms with E-state index in [-0.39, 0.29) is 11.8 Å². The van der Waals surface area contributed by atoms with E-state index in [9.17, 15) is 4.79 Å². The van der Waals surface area contributed by atoms with Crippen molar-refractivity contribution in [2.75, 3.05) is 18.5 Å². The SMILES string of the molecule is CCCCc1ccc(N(C)C(=O)[C@H]2CCN[C@@H](C)C2)cc1. The molecule has 0 radical (unpaired) electrons. The largest absolute Gasteiger partial charge is 0.315 e. The van der Waals surface area contributed by atoms with Gasteiger partial charge in [0.1, 0.15) is 0 Å². The van der Waals surface area contributed by atoms with Gasteiger partial charge in [0.2, 0.25) is 5.91 Å². The summed E-state index contributed by atoms with van der Waals surface area (Å²) >= 11 is 0. The number of aryl methyl sites for hydroxylation is 1. The molecule has 1 amide bonds. The molecular formula is C18H28N2O. The summed E-state index contributed by atoms with van der Waals surface area (Å²) in [4.78, 5) is 14.4. The number of anilines is 1. The molecule has 0 aromatic heterocycles. The first-order valence-corrected chi connectivity index (χ1v) is 8.21. The molecule has 0 aliphatic carbocycles. The molecule has 1 aliphatic rings. The van der Waals surface area contributed by atoms with Crippen molar-refractivity contribution in [1.82, 2.24) is 5.32 Å². The minimum atomic E-state index is 0.158. The van der Waals surface area contributed by atoms with Crippen molar-refractivity contribution >= 4 is 11.6 Å². The maximum Gasteiger partial charge on any atom is 0.229 e. The van der Waals surface area contributed by atoms with Crippen LogP contribution in [0.25, 0.3) is 0 Å². The third kappa shape index (κ3) is 4.31. The van der Waals surface area contributed by atoms with Gasteiger partial charge in [-0.2, -0.15) is 0 Å². The molecule has 3 nitrogen and oxygen atoms in total. The summed E-state index contributed by atoms with van der Waals surface area (Å²) in [6, 6.07) is 8.90. The normalized spacial score (nSPS) is 22.0. The zero-order valence-corrected chi connectivity index (χ0v) is 13.6. The Labute approximate surface area is 128 Å². The van der Waals surface area contributed by atoms with Gasteiger partial charge in [-0.3, -0.25) is 4.79 Å². The first kappa shape index (κ1) is 16.0. The molecule has 1 fully saturated rings. The molecule has 0 spiro atoms. The van der Waals surface area contributed by atoms with E-state index in [1.165, 1.54) is 18.4 Å². The summed E-state index contributed by atoms with van der Waals surface area (Å²) in [5, 5.41) is 3.40. The van der Waals surface area contributed by atoms with Crippen LogP contribution in [0.4, 0.5) is 5.69 Å². The maximum atomic E-state index is 12.6. The number of rotatable bonds is 5. The lowest BCUT2D eigenvalue weighted by Crippen LogP contribution is -2.43. The van der Waals surface area contributed by atoms with E-state index in [1.54, 1.807) is 0 Å². The van der Waals surface area contributed by atoms with Crippen LogP contribution in [0.2, 0.25) is 0 Å². The van der Waals surface area contributed by atoms with E-state index >= 15 is 0 Å². The van der Waals surface area contributed by atoms with Crippen LogP contribution in [0.1, 0.15) is 45.1 Å². The number of nitrogens with one attached hydrogen (secondary N) is 1. The zero-order chi connectivity index (χ0) is 15.2. The summed E-state index contributed by atoms with van der Waals surface area (Å²) in [5.74, 6) is 0.413. The highest BCUT2D eigenvalue weighted by atomic mass is 16.2. The Bertz CT molecular complexity index is 455. The molecule has 2 atom stereocenters. The zero-order valence-electron chi connectivity index (χ0n) is 13.6. The highest BCUT2D eigenvalue weighted by Crippen LogP contribution is 2.22. The van der Waals surface area contributed by atoms with E-state index in [0.717, 1.165) is 31.5 Å². The highest BCUT2D eigenvalue weighted by Gasteiger charge is 2.27. The van der Waals surface area contributed by atoms with E-state index in [2.05, 4.69) is 43.4 Å². The topological polar surface area (TPSA) is 32.3 Å². The molecule has 1 saturated heterocycles. The van der Waals surface area contributed by atoms with Crippen LogP contribution in [-0.4, -0.2) is 25.5 Å². The van der Waals surface area contributed by atoms with Gasteiger partial charge in [-0.1, -0.05) is 25.5 Å². The minimum absolute atomic E-state index is 0.158. The molecule has 116 valence electrons. The molecule has 0 bridgehead atoms. The molecule has 2 rings (SSSR count). The number of hydrogen-bond donors (Lipinski definition) is 1. The van der Waals surface area contributed by atoms with Gasteiger partial charge in [-0.05, 0) is 56.8 Å². The first-order valence-electron chi connectivity index (χ1n) is 8.21. The number of unbranched alkanes of at least 4 members (excludes halogenated alkanes) is 1. The standard InChI is InChI=1S/C18H28N2O/c1-4-5-6-15-7-9-17(10-8-15)20(3)18(21)16-11-12-19-14(2)13-16/h7-10,14,16,19H,4-6,11-13H2,1-3H3/t14-,16-/m0/s1. The molecule has 1 heterocycles. The quantitative estimate of drug-likeness (QED) is 0.901. The number of hydrogen-bond acceptors (Lipinski definition) is 2. The lowest BCUT2D eigenvalue weighted by Gasteiger charge is -2.30. The van der Waals surface area contributed by atoms with Crippen LogP contribution in [-0.2, 0) is 11.2 Å². The Kier molecular flexibility index (Phi) is 5.80. The maximum absolute atomic E-state index is 12.6. The van der Waals surface area contributed by atoms with E-state index < -0.39 is 0 Å². The molecular weight excluding hydrogens is 260 g/mol. The summed E-state index contributed by atoms with van der Waals surface area (Å²) < 4.78 is 0. The molecule has 1 aliphatic heterocycles. The molecule has 0 unspecified atom stereocenters. The van der Waals surface area contributed by atoms with Gasteiger partial charge in [0.05, 0.1) is 0 Å². The molecule has 1 aromatic carbocycles. The monoisotopic (exact) mass is 288 g/mol. The Morgan fingerprint density at radius 3 is 2.67 bits per heavy atom. The molecule has 1 aromatic rings. The van der Waals surface area contributed by atoms with Crippen molar-refractivity contribution in [3.8, 4) is 0 Å². The smallest absolute Gasteiger partial charge is 0.229 e. The second kappa shape index (κ2) is 7.60. The number of amides is 1. The third-order valence-corrected chi connectivity index (χ3v) is 4.45. The van der Waals surface area contributed by atoms with Crippen molar-refractivity contribution in [2.24, 2.45) is 5.92 Å². The van der Waals surface area contributed by atoms with Crippen molar-refractivity contribution in [3.63, 3.8) is 0 Å². The van der Waals surface area contributed by atoms with E-state index in [4.69, 9.17) is 0 Å². The average Bonchev–Trinajstić information content (AvgIpc) is 2.52. The Balaban J connectivity index is 1.98. The third-order valence-electron chi connectivity index (χ3n) is 4.45. The van der Waals surface area contributed by atoms with Crippen LogP contribution < -0.4 is 10.2 Å². The molecule has 21 heavy (non-hydrogen) atoms. The van der Waals surface area contributed by atoms with Crippen LogP contribution >= 0.6 is 0 Å². The summed E-state index contributed by atoms with van der Waals surface area (Å²) in [6.07, 6.45) is 5.45. The Morgan fingerprint density at radius 2 is 2.05 bits per heavy atom. The van der Waals surface area contributed by atoms with Crippen LogP contribution in [0, 0.1) is 5.92 Å². The van der Waals surface area contributed by atoms with Gasteiger partial charge >= 0.3 is 0 Å². The van der Waals surface area contributed by atoms with Gasteiger partial charge in [0.15, 0.2) is 0 Å². The predicted molar refractivity (Wildman–Crippen MR) is 88.7 cm³/mol. The van der Waals surface area contributed by atoms with Gasteiger partial charge in [0.25, 0.3) is 0 Å². The lowest BCUT2D eigenvalue weighted by atomic mass is 9.92. The summed E-state index contributed by atoms with van der Waals surface area (Å²) in [6.45, 7) is 5.31. The number of carbonyl (C=O) groups excluding carboxylic acids is 1. The van der Waals surface area contributed by atoms with Gasteiger partial charge in [-0.15, -0.1) is 0 Å². The average molecular weight is 288 g/mol. The van der Waals surface area contributed by atoms with Crippen LogP contribution in [0.5, 0.6) is 0 Å². The van der Waals surface area contributed by atoms with Crippen molar-refractivity contribution < 1.29 is 4.79 Å². The second-order valence-corrected chi connectivity index (χ2v) is 6.24. The summed E-state index contributed by atoms with van der Waals surface area (Å²) in [7, 11) is 1.90. The number of piperidine rings is 1. The minimum Gasteiger partial charge on any atom is -0.315 e.